The third-order valence-electron chi connectivity index (χ3n) is 2.44. The number of methoxy groups -OCH3 is 1. The van der Waals surface area contributed by atoms with Crippen LogP contribution in [0.5, 0.6) is 5.75 Å². The molecular formula is C12H11Br2N3O2. The van der Waals surface area contributed by atoms with Gasteiger partial charge in [0, 0.05) is 22.4 Å². The van der Waals surface area contributed by atoms with E-state index in [2.05, 4.69) is 42.2 Å². The maximum Gasteiger partial charge on any atom is 0.272 e. The molecule has 0 saturated heterocycles. The molecule has 1 aromatic carbocycles. The third kappa shape index (κ3) is 3.10. The Morgan fingerprint density at radius 3 is 2.63 bits per heavy atom. The second-order valence-electron chi connectivity index (χ2n) is 3.77. The molecule has 0 atom stereocenters. The molecule has 0 spiro atoms. The van der Waals surface area contributed by atoms with Crippen LogP contribution in [0.4, 0.5) is 11.4 Å². The molecule has 2 rings (SSSR count). The second-order valence-corrected chi connectivity index (χ2v) is 5.48. The van der Waals surface area contributed by atoms with Crippen LogP contribution in [0, 0.1) is 0 Å². The first-order valence-corrected chi connectivity index (χ1v) is 6.88. The summed E-state index contributed by atoms with van der Waals surface area (Å²) in [6, 6.07) is 5.09. The Balaban J connectivity index is 2.26. The van der Waals surface area contributed by atoms with Gasteiger partial charge in [-0.15, -0.1) is 0 Å². The van der Waals surface area contributed by atoms with Crippen molar-refractivity contribution in [1.29, 1.82) is 0 Å². The SMILES string of the molecule is COc1cc(NC(=O)c2cc(N)c[nH]2)c(Br)cc1Br. The van der Waals surface area contributed by atoms with Crippen LogP contribution in [0.2, 0.25) is 0 Å². The van der Waals surface area contributed by atoms with Crippen molar-refractivity contribution < 1.29 is 9.53 Å². The summed E-state index contributed by atoms with van der Waals surface area (Å²) in [4.78, 5) is 14.8. The van der Waals surface area contributed by atoms with Crippen molar-refractivity contribution in [2.45, 2.75) is 0 Å². The van der Waals surface area contributed by atoms with Crippen molar-refractivity contribution in [3.8, 4) is 5.75 Å². The van der Waals surface area contributed by atoms with Gasteiger partial charge in [0.05, 0.1) is 17.3 Å². The van der Waals surface area contributed by atoms with Crippen molar-refractivity contribution >= 4 is 49.1 Å². The van der Waals surface area contributed by atoms with Gasteiger partial charge in [-0.25, -0.2) is 0 Å². The minimum absolute atomic E-state index is 0.276. The van der Waals surface area contributed by atoms with Crippen LogP contribution < -0.4 is 15.8 Å². The lowest BCUT2D eigenvalue weighted by atomic mass is 10.3. The number of carbonyl (C=O) groups is 1. The summed E-state index contributed by atoms with van der Waals surface area (Å²) in [5.74, 6) is 0.353. The predicted molar refractivity (Wildman–Crippen MR) is 81.6 cm³/mol. The van der Waals surface area contributed by atoms with E-state index in [1.807, 2.05) is 0 Å². The molecule has 1 heterocycles. The van der Waals surface area contributed by atoms with Gasteiger partial charge in [0.15, 0.2) is 0 Å². The van der Waals surface area contributed by atoms with E-state index < -0.39 is 0 Å². The summed E-state index contributed by atoms with van der Waals surface area (Å²) in [6.07, 6.45) is 1.56. The number of H-pyrrole nitrogens is 1. The van der Waals surface area contributed by atoms with E-state index in [-0.39, 0.29) is 5.91 Å². The number of carbonyl (C=O) groups excluding carboxylic acids is 1. The molecule has 0 fully saturated rings. The Hall–Kier alpha value is -1.47. The monoisotopic (exact) mass is 387 g/mol. The number of ether oxygens (including phenoxy) is 1. The molecule has 19 heavy (non-hydrogen) atoms. The largest absolute Gasteiger partial charge is 0.495 e. The lowest BCUT2D eigenvalue weighted by Crippen LogP contribution is -2.12. The van der Waals surface area contributed by atoms with Crippen LogP contribution in [-0.4, -0.2) is 18.0 Å². The molecule has 0 saturated carbocycles. The highest BCUT2D eigenvalue weighted by Crippen LogP contribution is 2.34. The number of benzene rings is 1. The number of nitrogens with two attached hydrogens (primary N) is 1. The summed E-state index contributed by atoms with van der Waals surface area (Å²) in [6.45, 7) is 0. The Bertz CT molecular complexity index is 625. The zero-order valence-corrected chi connectivity index (χ0v) is 13.1. The van der Waals surface area contributed by atoms with Crippen molar-refractivity contribution in [3.05, 3.63) is 39.0 Å². The van der Waals surface area contributed by atoms with E-state index in [1.54, 1.807) is 31.5 Å². The van der Waals surface area contributed by atoms with Crippen LogP contribution in [0.1, 0.15) is 10.5 Å². The van der Waals surface area contributed by atoms with Gasteiger partial charge in [-0.2, -0.15) is 0 Å². The maximum atomic E-state index is 12.0. The van der Waals surface area contributed by atoms with Crippen LogP contribution in [0.15, 0.2) is 33.3 Å². The minimum atomic E-state index is -0.276. The van der Waals surface area contributed by atoms with Gasteiger partial charge in [0.1, 0.15) is 11.4 Å². The summed E-state index contributed by atoms with van der Waals surface area (Å²) in [5.41, 5.74) is 7.07. The molecule has 1 amide bonds. The maximum absolute atomic E-state index is 12.0. The summed E-state index contributed by atoms with van der Waals surface area (Å²) in [7, 11) is 1.56. The van der Waals surface area contributed by atoms with Crippen LogP contribution >= 0.6 is 31.9 Å². The Kier molecular flexibility index (Phi) is 4.16. The van der Waals surface area contributed by atoms with Crippen molar-refractivity contribution in [3.63, 3.8) is 0 Å². The van der Waals surface area contributed by atoms with Crippen LogP contribution in [-0.2, 0) is 0 Å². The topological polar surface area (TPSA) is 80.1 Å². The fraction of sp³-hybridized carbons (Fsp3) is 0.0833. The third-order valence-corrected chi connectivity index (χ3v) is 3.72. The number of nitrogen functional groups attached to an aromatic ring is 1. The number of amides is 1. The minimum Gasteiger partial charge on any atom is -0.495 e. The quantitative estimate of drug-likeness (QED) is 0.753. The first kappa shape index (κ1) is 14.0. The number of rotatable bonds is 3. The molecule has 0 radical (unpaired) electrons. The van der Waals surface area contributed by atoms with Gasteiger partial charge in [0.2, 0.25) is 0 Å². The molecule has 0 aliphatic carbocycles. The van der Waals surface area contributed by atoms with E-state index in [4.69, 9.17) is 10.5 Å². The molecule has 0 aliphatic rings. The molecule has 7 heteroatoms. The zero-order valence-electron chi connectivity index (χ0n) is 9.96. The Labute approximate surface area is 126 Å². The lowest BCUT2D eigenvalue weighted by Gasteiger charge is -2.10. The second kappa shape index (κ2) is 5.66. The summed E-state index contributed by atoms with van der Waals surface area (Å²) < 4.78 is 6.72. The highest BCUT2D eigenvalue weighted by atomic mass is 79.9. The van der Waals surface area contributed by atoms with Gasteiger partial charge >= 0.3 is 0 Å². The first-order chi connectivity index (χ1) is 9.01. The highest BCUT2D eigenvalue weighted by molar-refractivity contribution is 9.11. The fourth-order valence-electron chi connectivity index (χ4n) is 1.51. The predicted octanol–water partition coefficient (Wildman–Crippen LogP) is 3.38. The molecule has 2 aromatic rings. The van der Waals surface area contributed by atoms with E-state index in [0.29, 0.717) is 22.8 Å². The smallest absolute Gasteiger partial charge is 0.272 e. The highest BCUT2D eigenvalue weighted by Gasteiger charge is 2.12. The van der Waals surface area contributed by atoms with Crippen LogP contribution in [0.3, 0.4) is 0 Å². The number of hydrogen-bond donors (Lipinski definition) is 3. The van der Waals surface area contributed by atoms with Crippen LogP contribution in [0.25, 0.3) is 0 Å². The number of aromatic nitrogens is 1. The number of aromatic amines is 1. The molecular weight excluding hydrogens is 378 g/mol. The van der Waals surface area contributed by atoms with Gasteiger partial charge in [0.25, 0.3) is 5.91 Å². The van der Waals surface area contributed by atoms with Gasteiger partial charge in [-0.1, -0.05) is 0 Å². The fourth-order valence-corrected chi connectivity index (χ4v) is 2.77. The Morgan fingerprint density at radius 2 is 2.05 bits per heavy atom. The van der Waals surface area contributed by atoms with E-state index in [0.717, 1.165) is 8.95 Å². The summed E-state index contributed by atoms with van der Waals surface area (Å²) >= 11 is 6.75. The standard InChI is InChI=1S/C12H11Br2N3O2/c1-19-11-4-9(7(13)3-8(11)14)17-12(18)10-2-6(15)5-16-10/h2-5,16H,15H2,1H3,(H,17,18). The number of nitrogens with one attached hydrogen (secondary N) is 2. The molecule has 100 valence electrons. The van der Waals surface area contributed by atoms with Crippen molar-refractivity contribution in [1.82, 2.24) is 4.98 Å². The lowest BCUT2D eigenvalue weighted by molar-refractivity contribution is 0.102. The molecule has 0 bridgehead atoms. The summed E-state index contributed by atoms with van der Waals surface area (Å²) in [5, 5.41) is 2.77. The average molecular weight is 389 g/mol. The normalized spacial score (nSPS) is 10.3. The van der Waals surface area contributed by atoms with Gasteiger partial charge in [-0.05, 0) is 44.0 Å². The van der Waals surface area contributed by atoms with Crippen molar-refractivity contribution in [2.24, 2.45) is 0 Å². The van der Waals surface area contributed by atoms with Gasteiger partial charge in [-0.3, -0.25) is 4.79 Å². The van der Waals surface area contributed by atoms with E-state index in [1.165, 1.54) is 0 Å². The van der Waals surface area contributed by atoms with Crippen molar-refractivity contribution in [2.75, 3.05) is 18.2 Å². The molecule has 5 nitrogen and oxygen atoms in total. The van der Waals surface area contributed by atoms with Gasteiger partial charge < -0.3 is 20.8 Å². The number of anilines is 2. The number of hydrogen-bond acceptors (Lipinski definition) is 3. The molecule has 0 unspecified atom stereocenters. The van der Waals surface area contributed by atoms with E-state index >= 15 is 0 Å². The van der Waals surface area contributed by atoms with E-state index in [9.17, 15) is 4.79 Å². The Morgan fingerprint density at radius 1 is 1.32 bits per heavy atom. The molecule has 4 N–H and O–H groups in total. The zero-order chi connectivity index (χ0) is 14.0. The average Bonchev–Trinajstić information content (AvgIpc) is 2.79. The number of halogens is 2. The molecule has 0 aliphatic heterocycles. The molecule has 1 aromatic heterocycles. The first-order valence-electron chi connectivity index (χ1n) is 5.29.